The quantitative estimate of drug-likeness (QED) is 0.455. The van der Waals surface area contributed by atoms with Crippen LogP contribution in [-0.2, 0) is 13.0 Å². The van der Waals surface area contributed by atoms with Gasteiger partial charge in [-0.15, -0.1) is 0 Å². The van der Waals surface area contributed by atoms with Crippen LogP contribution in [0.25, 0.3) is 11.0 Å². The van der Waals surface area contributed by atoms with Crippen molar-refractivity contribution in [3.05, 3.63) is 53.3 Å². The Morgan fingerprint density at radius 3 is 2.43 bits per heavy atom. The Bertz CT molecular complexity index is 1180. The zero-order chi connectivity index (χ0) is 24.9. The van der Waals surface area contributed by atoms with Crippen LogP contribution in [0.3, 0.4) is 0 Å². The molecular formula is C26H35N7O2. The Balaban J connectivity index is 1.61. The lowest BCUT2D eigenvalue weighted by Crippen LogP contribution is -2.45. The summed E-state index contributed by atoms with van der Waals surface area (Å²) in [6.45, 7) is 8.06. The largest absolute Gasteiger partial charge is 0.381 e. The summed E-state index contributed by atoms with van der Waals surface area (Å²) in [5.41, 5.74) is 9.76. The predicted octanol–water partition coefficient (Wildman–Crippen LogP) is 3.85. The Morgan fingerprint density at radius 2 is 1.83 bits per heavy atom. The van der Waals surface area contributed by atoms with Gasteiger partial charge in [-0.25, -0.2) is 14.5 Å². The van der Waals surface area contributed by atoms with Gasteiger partial charge in [0.05, 0.1) is 28.9 Å². The number of nitrogens with zero attached hydrogens (tertiary/aromatic N) is 4. The number of hydrogen-bond donors (Lipinski definition) is 3. The average Bonchev–Trinajstić information content (AvgIpc) is 3.31. The lowest BCUT2D eigenvalue weighted by molar-refractivity contribution is 0.0936. The minimum atomic E-state index is -0.392. The number of amides is 3. The highest BCUT2D eigenvalue weighted by Gasteiger charge is 2.26. The molecule has 0 radical (unpaired) electrons. The number of likely N-dealkylation sites (tertiary alicyclic amines) is 1. The van der Waals surface area contributed by atoms with E-state index in [1.54, 1.807) is 17.3 Å². The SMILES string of the molecule is CCc1ccc([C@@H](CC)NC(=O)c2cnc3c(cnn3CC)c2NC2CCN(C(N)=O)CC2)cc1. The van der Waals surface area contributed by atoms with Crippen molar-refractivity contribution in [2.45, 2.75) is 65.1 Å². The molecule has 3 heterocycles. The molecule has 0 unspecified atom stereocenters. The van der Waals surface area contributed by atoms with Crippen LogP contribution in [0, 0.1) is 0 Å². The summed E-state index contributed by atoms with van der Waals surface area (Å²) in [6.07, 6.45) is 6.65. The molecule has 35 heavy (non-hydrogen) atoms. The highest BCUT2D eigenvalue weighted by atomic mass is 16.2. The van der Waals surface area contributed by atoms with Crippen molar-refractivity contribution in [3.8, 4) is 0 Å². The van der Waals surface area contributed by atoms with Crippen molar-refractivity contribution in [3.63, 3.8) is 0 Å². The van der Waals surface area contributed by atoms with Crippen molar-refractivity contribution >= 4 is 28.7 Å². The van der Waals surface area contributed by atoms with E-state index < -0.39 is 6.03 Å². The molecule has 1 saturated heterocycles. The molecule has 9 heteroatoms. The van der Waals surface area contributed by atoms with Gasteiger partial charge in [-0.2, -0.15) is 5.10 Å². The van der Waals surface area contributed by atoms with Crippen molar-refractivity contribution in [1.29, 1.82) is 0 Å². The fourth-order valence-corrected chi connectivity index (χ4v) is 4.68. The van der Waals surface area contributed by atoms with Gasteiger partial charge in [-0.05, 0) is 43.7 Å². The van der Waals surface area contributed by atoms with Crippen LogP contribution in [0.5, 0.6) is 0 Å². The first-order chi connectivity index (χ1) is 16.9. The fraction of sp³-hybridized carbons (Fsp3) is 0.462. The number of nitrogens with one attached hydrogen (secondary N) is 2. The van der Waals surface area contributed by atoms with Crippen molar-refractivity contribution in [2.75, 3.05) is 18.4 Å². The van der Waals surface area contributed by atoms with E-state index >= 15 is 0 Å². The maximum atomic E-state index is 13.5. The summed E-state index contributed by atoms with van der Waals surface area (Å²) in [7, 11) is 0. The van der Waals surface area contributed by atoms with Crippen molar-refractivity contribution < 1.29 is 9.59 Å². The van der Waals surface area contributed by atoms with Gasteiger partial charge in [0.1, 0.15) is 0 Å². The number of nitrogens with two attached hydrogens (primary N) is 1. The molecule has 1 aliphatic heterocycles. The van der Waals surface area contributed by atoms with E-state index in [2.05, 4.69) is 58.8 Å². The van der Waals surface area contributed by atoms with Gasteiger partial charge in [0.2, 0.25) is 0 Å². The van der Waals surface area contributed by atoms with Crippen molar-refractivity contribution in [2.24, 2.45) is 5.73 Å². The number of anilines is 1. The Morgan fingerprint density at radius 1 is 1.11 bits per heavy atom. The summed E-state index contributed by atoms with van der Waals surface area (Å²) in [5.74, 6) is -0.174. The molecule has 4 rings (SSSR count). The monoisotopic (exact) mass is 477 g/mol. The van der Waals surface area contributed by atoms with Crippen LogP contribution in [0.2, 0.25) is 0 Å². The van der Waals surface area contributed by atoms with Crippen LogP contribution in [0.1, 0.15) is 67.6 Å². The number of fused-ring (bicyclic) bond motifs is 1. The molecule has 0 spiro atoms. The van der Waals surface area contributed by atoms with Crippen LogP contribution >= 0.6 is 0 Å². The summed E-state index contributed by atoms with van der Waals surface area (Å²) < 4.78 is 1.82. The molecule has 0 bridgehead atoms. The minimum Gasteiger partial charge on any atom is -0.381 e. The Kier molecular flexibility index (Phi) is 7.53. The number of hydrogen-bond acceptors (Lipinski definition) is 5. The summed E-state index contributed by atoms with van der Waals surface area (Å²) >= 11 is 0. The van der Waals surface area contributed by atoms with E-state index in [0.717, 1.165) is 48.0 Å². The molecule has 186 valence electrons. The van der Waals surface area contributed by atoms with Gasteiger partial charge in [-0.1, -0.05) is 38.1 Å². The smallest absolute Gasteiger partial charge is 0.314 e. The molecule has 1 aromatic carbocycles. The number of urea groups is 1. The molecule has 1 fully saturated rings. The molecule has 3 aromatic rings. The highest BCUT2D eigenvalue weighted by molar-refractivity contribution is 6.06. The number of rotatable bonds is 8. The fourth-order valence-electron chi connectivity index (χ4n) is 4.68. The first kappa shape index (κ1) is 24.5. The van der Waals surface area contributed by atoms with E-state index in [-0.39, 0.29) is 18.0 Å². The van der Waals surface area contributed by atoms with E-state index in [0.29, 0.717) is 25.2 Å². The lowest BCUT2D eigenvalue weighted by atomic mass is 10.0. The molecule has 9 nitrogen and oxygen atoms in total. The maximum absolute atomic E-state index is 13.5. The summed E-state index contributed by atoms with van der Waals surface area (Å²) in [6, 6.07) is 8.02. The molecule has 3 amide bonds. The maximum Gasteiger partial charge on any atom is 0.314 e. The topological polar surface area (TPSA) is 118 Å². The van der Waals surface area contributed by atoms with Crippen LogP contribution in [0.15, 0.2) is 36.7 Å². The molecule has 4 N–H and O–H groups in total. The normalized spacial score (nSPS) is 15.2. The van der Waals surface area contributed by atoms with Gasteiger partial charge in [0.25, 0.3) is 5.91 Å². The molecular weight excluding hydrogens is 442 g/mol. The van der Waals surface area contributed by atoms with E-state index in [4.69, 9.17) is 5.73 Å². The second-order valence-corrected chi connectivity index (χ2v) is 9.02. The zero-order valence-electron chi connectivity index (χ0n) is 20.8. The number of aromatic nitrogens is 3. The number of aryl methyl sites for hydroxylation is 2. The lowest BCUT2D eigenvalue weighted by Gasteiger charge is -2.32. The third kappa shape index (κ3) is 5.23. The first-order valence-corrected chi connectivity index (χ1v) is 12.5. The number of primary amides is 1. The minimum absolute atomic E-state index is 0.103. The van der Waals surface area contributed by atoms with Crippen molar-refractivity contribution in [1.82, 2.24) is 25.0 Å². The summed E-state index contributed by atoms with van der Waals surface area (Å²) in [5, 5.41) is 12.1. The van der Waals surface area contributed by atoms with Crippen LogP contribution in [0.4, 0.5) is 10.5 Å². The Labute approximate surface area is 206 Å². The van der Waals surface area contributed by atoms with E-state index in [1.807, 2.05) is 11.6 Å². The highest BCUT2D eigenvalue weighted by Crippen LogP contribution is 2.29. The molecule has 0 saturated carbocycles. The third-order valence-corrected chi connectivity index (χ3v) is 6.87. The number of carbonyl (C=O) groups excluding carboxylic acids is 2. The van der Waals surface area contributed by atoms with Gasteiger partial charge in [-0.3, -0.25) is 4.79 Å². The Hall–Kier alpha value is -3.62. The number of piperidine rings is 1. The second-order valence-electron chi connectivity index (χ2n) is 9.02. The molecule has 1 atom stereocenters. The van der Waals surface area contributed by atoms with Crippen LogP contribution in [-0.4, -0.2) is 50.7 Å². The van der Waals surface area contributed by atoms with Crippen LogP contribution < -0.4 is 16.4 Å². The zero-order valence-corrected chi connectivity index (χ0v) is 20.8. The first-order valence-electron chi connectivity index (χ1n) is 12.5. The van der Waals surface area contributed by atoms with Gasteiger partial charge in [0.15, 0.2) is 5.65 Å². The number of pyridine rings is 1. The molecule has 0 aliphatic carbocycles. The number of carbonyl (C=O) groups is 2. The standard InChI is InChI=1S/C26H35N7O2/c1-4-17-7-9-18(10-8-17)22(5-2)31-25(34)21-15-28-24-20(16-29-33(24)6-3)23(21)30-19-11-13-32(14-12-19)26(27)35/h7-10,15-16,19,22H,4-6,11-14H2,1-3H3,(H2,27,35)(H,28,30)(H,31,34)/t22-/m1/s1. The third-order valence-electron chi connectivity index (χ3n) is 6.87. The van der Waals surface area contributed by atoms with Gasteiger partial charge in [0, 0.05) is 31.9 Å². The predicted molar refractivity (Wildman–Crippen MR) is 137 cm³/mol. The second kappa shape index (κ2) is 10.8. The van der Waals surface area contributed by atoms with E-state index in [9.17, 15) is 9.59 Å². The summed E-state index contributed by atoms with van der Waals surface area (Å²) in [4.78, 5) is 31.3. The van der Waals surface area contributed by atoms with Gasteiger partial charge >= 0.3 is 6.03 Å². The van der Waals surface area contributed by atoms with E-state index in [1.165, 1.54) is 5.56 Å². The molecule has 2 aromatic heterocycles. The number of benzene rings is 1. The average molecular weight is 478 g/mol. The molecule has 1 aliphatic rings. The van der Waals surface area contributed by atoms with Gasteiger partial charge < -0.3 is 21.3 Å².